The summed E-state index contributed by atoms with van der Waals surface area (Å²) in [6.07, 6.45) is 2.99. The Morgan fingerprint density at radius 1 is 1.19 bits per heavy atom. The molecule has 2 N–H and O–H groups in total. The van der Waals surface area contributed by atoms with Crippen molar-refractivity contribution >= 4 is 50.5 Å². The quantitative estimate of drug-likeness (QED) is 0.484. The van der Waals surface area contributed by atoms with Crippen LogP contribution in [0.2, 0.25) is 10.0 Å². The second kappa shape index (κ2) is 9.59. The number of hydrogen-bond donors (Lipinski definition) is 2. The highest BCUT2D eigenvalue weighted by atomic mass is 35.5. The molecule has 0 aliphatic carbocycles. The molecule has 3 aromatic rings. The lowest BCUT2D eigenvalue weighted by Crippen LogP contribution is -2.13. The van der Waals surface area contributed by atoms with E-state index in [-0.39, 0.29) is 30.2 Å². The second-order valence-corrected chi connectivity index (χ2v) is 9.17. The molecular weight excluding hydrogens is 465 g/mol. The molecule has 3 rings (SSSR count). The fraction of sp³-hybridized carbons (Fsp3) is 0.200. The van der Waals surface area contributed by atoms with Crippen LogP contribution >= 0.6 is 23.2 Å². The van der Waals surface area contributed by atoms with Gasteiger partial charge in [-0.3, -0.25) is 9.52 Å². The average molecular weight is 484 g/mol. The molecule has 2 aromatic carbocycles. The van der Waals surface area contributed by atoms with E-state index in [2.05, 4.69) is 15.0 Å². The lowest BCUT2D eigenvalue weighted by atomic mass is 10.2. The van der Waals surface area contributed by atoms with Crippen LogP contribution in [0.1, 0.15) is 12.3 Å². The van der Waals surface area contributed by atoms with Gasteiger partial charge in [0.15, 0.2) is 11.7 Å². The van der Waals surface area contributed by atoms with Crippen molar-refractivity contribution in [3.05, 3.63) is 58.5 Å². The van der Waals surface area contributed by atoms with Crippen molar-refractivity contribution in [2.75, 3.05) is 23.4 Å². The van der Waals surface area contributed by atoms with Crippen LogP contribution in [0.4, 0.5) is 11.4 Å². The monoisotopic (exact) mass is 483 g/mol. The summed E-state index contributed by atoms with van der Waals surface area (Å²) in [5.41, 5.74) is 1.39. The molecule has 31 heavy (non-hydrogen) atoms. The van der Waals surface area contributed by atoms with E-state index in [0.29, 0.717) is 32.9 Å². The number of halogens is 2. The van der Waals surface area contributed by atoms with E-state index >= 15 is 0 Å². The smallest absolute Gasteiger partial charge is 0.229 e. The number of sulfonamides is 1. The first-order valence-corrected chi connectivity index (χ1v) is 11.6. The summed E-state index contributed by atoms with van der Waals surface area (Å²) in [5.74, 6) is 0.882. The number of aromatic nitrogens is 1. The van der Waals surface area contributed by atoms with Crippen LogP contribution < -0.4 is 14.8 Å². The molecule has 0 atom stereocenters. The number of aryl methyl sites for hydroxylation is 1. The van der Waals surface area contributed by atoms with Crippen molar-refractivity contribution in [2.45, 2.75) is 12.8 Å². The third-order valence-electron chi connectivity index (χ3n) is 4.10. The van der Waals surface area contributed by atoms with E-state index in [1.54, 1.807) is 30.5 Å². The first-order chi connectivity index (χ1) is 14.6. The topological polar surface area (TPSA) is 111 Å². The van der Waals surface area contributed by atoms with E-state index < -0.39 is 10.0 Å². The summed E-state index contributed by atoms with van der Waals surface area (Å²) in [6, 6.07) is 9.64. The van der Waals surface area contributed by atoms with Gasteiger partial charge in [0.2, 0.25) is 15.9 Å². The summed E-state index contributed by atoms with van der Waals surface area (Å²) in [7, 11) is -2.05. The maximum Gasteiger partial charge on any atom is 0.229 e. The van der Waals surface area contributed by atoms with Gasteiger partial charge in [-0.05, 0) is 30.3 Å². The van der Waals surface area contributed by atoms with Crippen LogP contribution in [0, 0.1) is 0 Å². The highest BCUT2D eigenvalue weighted by Gasteiger charge is 2.13. The Bertz CT molecular complexity index is 1210. The molecule has 0 aliphatic rings. The number of amides is 1. The number of ether oxygens (including phenoxy) is 1. The lowest BCUT2D eigenvalue weighted by molar-refractivity contribution is -0.116. The van der Waals surface area contributed by atoms with Crippen molar-refractivity contribution in [1.29, 1.82) is 0 Å². The van der Waals surface area contributed by atoms with E-state index in [0.717, 1.165) is 6.26 Å². The molecule has 0 fully saturated rings. The Morgan fingerprint density at radius 2 is 1.97 bits per heavy atom. The fourth-order valence-electron chi connectivity index (χ4n) is 2.74. The number of carbonyl (C=O) groups is 1. The number of nitrogens with zero attached hydrogens (tertiary/aromatic N) is 1. The molecule has 0 spiro atoms. The normalized spacial score (nSPS) is 11.2. The van der Waals surface area contributed by atoms with Gasteiger partial charge in [-0.15, -0.1) is 0 Å². The van der Waals surface area contributed by atoms with Gasteiger partial charge in [0.05, 0.1) is 30.3 Å². The number of anilines is 2. The predicted molar refractivity (Wildman–Crippen MR) is 120 cm³/mol. The molecular formula is C20H19Cl2N3O5S. The SMILES string of the molecule is COc1cc(NC(=O)CCc2ncc(-c3ccc(Cl)cc3Cl)o2)ccc1NS(C)(=O)=O. The molecule has 1 heterocycles. The zero-order valence-corrected chi connectivity index (χ0v) is 18.9. The largest absolute Gasteiger partial charge is 0.494 e. The molecule has 0 radical (unpaired) electrons. The molecule has 0 aliphatic heterocycles. The van der Waals surface area contributed by atoms with Gasteiger partial charge < -0.3 is 14.5 Å². The minimum atomic E-state index is -3.46. The molecule has 0 saturated carbocycles. The van der Waals surface area contributed by atoms with Crippen LogP contribution in [-0.4, -0.2) is 32.7 Å². The third-order valence-corrected chi connectivity index (χ3v) is 5.24. The van der Waals surface area contributed by atoms with E-state index in [1.807, 2.05) is 0 Å². The van der Waals surface area contributed by atoms with Crippen LogP contribution in [-0.2, 0) is 21.2 Å². The molecule has 8 nitrogen and oxygen atoms in total. The van der Waals surface area contributed by atoms with Crippen molar-refractivity contribution in [3.8, 4) is 17.1 Å². The zero-order valence-electron chi connectivity index (χ0n) is 16.6. The first kappa shape index (κ1) is 22.9. The Hall–Kier alpha value is -2.75. The molecule has 164 valence electrons. The maximum atomic E-state index is 12.3. The van der Waals surface area contributed by atoms with Gasteiger partial charge in [-0.25, -0.2) is 13.4 Å². The number of hydrogen-bond acceptors (Lipinski definition) is 6. The van der Waals surface area contributed by atoms with Crippen molar-refractivity contribution in [2.24, 2.45) is 0 Å². The van der Waals surface area contributed by atoms with Crippen LogP contribution in [0.25, 0.3) is 11.3 Å². The Morgan fingerprint density at radius 3 is 2.65 bits per heavy atom. The number of oxazole rings is 1. The summed E-state index contributed by atoms with van der Waals surface area (Å²) < 4.78 is 36.0. The zero-order chi connectivity index (χ0) is 22.6. The maximum absolute atomic E-state index is 12.3. The Kier molecular flexibility index (Phi) is 7.09. The first-order valence-electron chi connectivity index (χ1n) is 9.00. The number of nitrogens with one attached hydrogen (secondary N) is 2. The molecule has 1 aromatic heterocycles. The van der Waals surface area contributed by atoms with Crippen molar-refractivity contribution < 1.29 is 22.4 Å². The van der Waals surface area contributed by atoms with Gasteiger partial charge in [0, 0.05) is 35.2 Å². The van der Waals surface area contributed by atoms with Gasteiger partial charge in [-0.2, -0.15) is 0 Å². The highest BCUT2D eigenvalue weighted by Crippen LogP contribution is 2.31. The summed E-state index contributed by atoms with van der Waals surface area (Å²) in [4.78, 5) is 16.5. The minimum absolute atomic E-state index is 0.125. The molecule has 0 saturated heterocycles. The third kappa shape index (κ3) is 6.36. The van der Waals surface area contributed by atoms with Gasteiger partial charge in [0.25, 0.3) is 0 Å². The summed E-state index contributed by atoms with van der Waals surface area (Å²) in [6.45, 7) is 0. The standard InChI is InChI=1S/C20H19Cl2N3O5S/c1-29-17-10-13(4-6-16(17)25-31(2,27)28)24-19(26)7-8-20-23-11-18(30-20)14-5-3-12(21)9-15(14)22/h3-6,9-11,25H,7-8H2,1-2H3,(H,24,26). The lowest BCUT2D eigenvalue weighted by Gasteiger charge is -2.12. The Labute approximate surface area is 189 Å². The number of methoxy groups -OCH3 is 1. The summed E-state index contributed by atoms with van der Waals surface area (Å²) in [5, 5.41) is 3.69. The Balaban J connectivity index is 1.61. The van der Waals surface area contributed by atoms with E-state index in [4.69, 9.17) is 32.4 Å². The average Bonchev–Trinajstić information content (AvgIpc) is 3.15. The van der Waals surface area contributed by atoms with Crippen LogP contribution in [0.15, 0.2) is 47.0 Å². The number of carbonyl (C=O) groups excluding carboxylic acids is 1. The second-order valence-electron chi connectivity index (χ2n) is 6.58. The predicted octanol–water partition coefficient (Wildman–Crippen LogP) is 4.60. The van der Waals surface area contributed by atoms with E-state index in [1.165, 1.54) is 19.2 Å². The molecule has 0 unspecified atom stereocenters. The summed E-state index contributed by atoms with van der Waals surface area (Å²) >= 11 is 12.1. The molecule has 11 heteroatoms. The van der Waals surface area contributed by atoms with Crippen LogP contribution in [0.5, 0.6) is 5.75 Å². The molecule has 0 bridgehead atoms. The van der Waals surface area contributed by atoms with Gasteiger partial charge >= 0.3 is 0 Å². The number of rotatable bonds is 8. The van der Waals surface area contributed by atoms with Gasteiger partial charge in [0.1, 0.15) is 5.75 Å². The minimum Gasteiger partial charge on any atom is -0.494 e. The fourth-order valence-corrected chi connectivity index (χ4v) is 3.81. The van der Waals surface area contributed by atoms with Crippen LogP contribution in [0.3, 0.4) is 0 Å². The van der Waals surface area contributed by atoms with Crippen molar-refractivity contribution in [1.82, 2.24) is 4.98 Å². The van der Waals surface area contributed by atoms with Crippen molar-refractivity contribution in [3.63, 3.8) is 0 Å². The van der Waals surface area contributed by atoms with Gasteiger partial charge in [-0.1, -0.05) is 23.2 Å². The number of benzene rings is 2. The van der Waals surface area contributed by atoms with E-state index in [9.17, 15) is 13.2 Å². The molecule has 1 amide bonds. The highest BCUT2D eigenvalue weighted by molar-refractivity contribution is 7.92.